The Bertz CT molecular complexity index is 305. The molecule has 0 aliphatic heterocycles. The van der Waals surface area contributed by atoms with Crippen molar-refractivity contribution in [1.82, 2.24) is 9.97 Å². The maximum absolute atomic E-state index is 5.79. The molecule has 2 rings (SSSR count). The maximum atomic E-state index is 5.79. The quantitative estimate of drug-likeness (QED) is 0.701. The smallest absolute Gasteiger partial charge is 0.0841 e. The molecule has 68 valence electrons. The minimum Gasteiger partial charge on any atom is -0.327 e. The van der Waals surface area contributed by atoms with E-state index in [1.165, 1.54) is 5.57 Å². The topological polar surface area (TPSA) is 51.8 Å². The summed E-state index contributed by atoms with van der Waals surface area (Å²) >= 11 is 0. The molecular weight excluding hydrogens is 162 g/mol. The van der Waals surface area contributed by atoms with Crippen LogP contribution in [0.25, 0.3) is 5.57 Å². The molecule has 0 saturated carbocycles. The summed E-state index contributed by atoms with van der Waals surface area (Å²) in [6.45, 7) is 0. The molecule has 2 N–H and O–H groups in total. The van der Waals surface area contributed by atoms with Gasteiger partial charge >= 0.3 is 0 Å². The van der Waals surface area contributed by atoms with Crippen LogP contribution in [0.3, 0.4) is 0 Å². The minimum absolute atomic E-state index is 0.334. The third kappa shape index (κ3) is 1.92. The molecule has 0 amide bonds. The van der Waals surface area contributed by atoms with Crippen molar-refractivity contribution in [2.75, 3.05) is 0 Å². The lowest BCUT2D eigenvalue weighted by Gasteiger charge is -2.17. The van der Waals surface area contributed by atoms with Gasteiger partial charge in [0, 0.05) is 18.4 Å². The summed E-state index contributed by atoms with van der Waals surface area (Å²) in [4.78, 5) is 8.30. The molecule has 1 aliphatic carbocycles. The monoisotopic (exact) mass is 175 g/mol. The highest BCUT2D eigenvalue weighted by Gasteiger charge is 2.12. The molecule has 1 aromatic heterocycles. The van der Waals surface area contributed by atoms with Crippen LogP contribution in [0.5, 0.6) is 0 Å². The summed E-state index contributed by atoms with van der Waals surface area (Å²) in [5, 5.41) is 0. The van der Waals surface area contributed by atoms with Gasteiger partial charge in [0.15, 0.2) is 0 Å². The van der Waals surface area contributed by atoms with Crippen molar-refractivity contribution in [3.8, 4) is 0 Å². The predicted molar refractivity (Wildman–Crippen MR) is 51.8 cm³/mol. The fourth-order valence-corrected chi connectivity index (χ4v) is 1.55. The molecule has 0 radical (unpaired) electrons. The lowest BCUT2D eigenvalue weighted by atomic mass is 9.94. The van der Waals surface area contributed by atoms with Crippen LogP contribution in [-0.2, 0) is 0 Å². The van der Waals surface area contributed by atoms with Crippen LogP contribution in [0.15, 0.2) is 24.7 Å². The minimum atomic E-state index is 0.334. The fraction of sp³-hybridized carbons (Fsp3) is 0.400. The van der Waals surface area contributed by atoms with Gasteiger partial charge in [0.2, 0.25) is 0 Å². The Balaban J connectivity index is 2.19. The zero-order valence-corrected chi connectivity index (χ0v) is 7.48. The average Bonchev–Trinajstić information content (AvgIpc) is 2.20. The number of aromatic nitrogens is 2. The molecule has 0 fully saturated rings. The largest absolute Gasteiger partial charge is 0.327 e. The van der Waals surface area contributed by atoms with E-state index in [9.17, 15) is 0 Å². The van der Waals surface area contributed by atoms with Crippen molar-refractivity contribution in [1.29, 1.82) is 0 Å². The van der Waals surface area contributed by atoms with Gasteiger partial charge in [-0.1, -0.05) is 6.08 Å². The third-order valence-electron chi connectivity index (χ3n) is 2.34. The van der Waals surface area contributed by atoms with Gasteiger partial charge in [-0.15, -0.1) is 0 Å². The van der Waals surface area contributed by atoms with E-state index in [-0.39, 0.29) is 0 Å². The Morgan fingerprint density at radius 3 is 2.92 bits per heavy atom. The van der Waals surface area contributed by atoms with Crippen molar-refractivity contribution in [3.05, 3.63) is 30.4 Å². The van der Waals surface area contributed by atoms with Crippen molar-refractivity contribution >= 4 is 5.57 Å². The first-order valence-corrected chi connectivity index (χ1v) is 4.57. The fourth-order valence-electron chi connectivity index (χ4n) is 1.55. The van der Waals surface area contributed by atoms with Crippen LogP contribution >= 0.6 is 0 Å². The average molecular weight is 175 g/mol. The number of rotatable bonds is 1. The van der Waals surface area contributed by atoms with E-state index in [0.717, 1.165) is 25.0 Å². The molecule has 1 heterocycles. The highest BCUT2D eigenvalue weighted by molar-refractivity contribution is 5.62. The first-order valence-electron chi connectivity index (χ1n) is 4.57. The van der Waals surface area contributed by atoms with Crippen molar-refractivity contribution in [2.24, 2.45) is 5.73 Å². The highest BCUT2D eigenvalue weighted by Crippen LogP contribution is 2.23. The standard InChI is InChI=1S/C10H13N3/c11-9-3-1-8(2-4-9)10-7-12-5-6-13-10/h1,5-7,9H,2-4,11H2. The summed E-state index contributed by atoms with van der Waals surface area (Å²) in [5.41, 5.74) is 8.08. The van der Waals surface area contributed by atoms with Gasteiger partial charge in [-0.25, -0.2) is 0 Å². The van der Waals surface area contributed by atoms with E-state index in [0.29, 0.717) is 6.04 Å². The Hall–Kier alpha value is -1.22. The van der Waals surface area contributed by atoms with Crippen molar-refractivity contribution < 1.29 is 0 Å². The third-order valence-corrected chi connectivity index (χ3v) is 2.34. The predicted octanol–water partition coefficient (Wildman–Crippen LogP) is 1.37. The summed E-state index contributed by atoms with van der Waals surface area (Å²) in [7, 11) is 0. The summed E-state index contributed by atoms with van der Waals surface area (Å²) in [6.07, 6.45) is 10.5. The van der Waals surface area contributed by atoms with E-state index in [4.69, 9.17) is 5.73 Å². The summed E-state index contributed by atoms with van der Waals surface area (Å²) < 4.78 is 0. The SMILES string of the molecule is NC1CC=C(c2cnccn2)CC1. The zero-order chi connectivity index (χ0) is 9.10. The summed E-state index contributed by atoms with van der Waals surface area (Å²) in [6, 6.07) is 0.334. The summed E-state index contributed by atoms with van der Waals surface area (Å²) in [5.74, 6) is 0. The van der Waals surface area contributed by atoms with Gasteiger partial charge in [0.25, 0.3) is 0 Å². The van der Waals surface area contributed by atoms with Gasteiger partial charge in [0.05, 0.1) is 11.9 Å². The van der Waals surface area contributed by atoms with E-state index < -0.39 is 0 Å². The van der Waals surface area contributed by atoms with E-state index in [1.807, 2.05) is 6.20 Å². The van der Waals surface area contributed by atoms with Crippen molar-refractivity contribution in [2.45, 2.75) is 25.3 Å². The highest BCUT2D eigenvalue weighted by atomic mass is 14.8. The normalized spacial score (nSPS) is 22.5. The molecule has 1 unspecified atom stereocenters. The van der Waals surface area contributed by atoms with Crippen molar-refractivity contribution in [3.63, 3.8) is 0 Å². The number of hydrogen-bond donors (Lipinski definition) is 1. The van der Waals surface area contributed by atoms with Gasteiger partial charge < -0.3 is 5.73 Å². The van der Waals surface area contributed by atoms with E-state index in [2.05, 4.69) is 16.0 Å². The molecule has 0 saturated heterocycles. The molecule has 0 spiro atoms. The van der Waals surface area contributed by atoms with E-state index in [1.54, 1.807) is 12.4 Å². The number of allylic oxidation sites excluding steroid dienone is 1. The van der Waals surface area contributed by atoms with Gasteiger partial charge in [0.1, 0.15) is 0 Å². The number of hydrogen-bond acceptors (Lipinski definition) is 3. The van der Waals surface area contributed by atoms with Gasteiger partial charge in [-0.3, -0.25) is 9.97 Å². The lowest BCUT2D eigenvalue weighted by Crippen LogP contribution is -2.21. The Morgan fingerprint density at radius 1 is 1.38 bits per heavy atom. The molecule has 3 nitrogen and oxygen atoms in total. The van der Waals surface area contributed by atoms with Gasteiger partial charge in [-0.05, 0) is 24.8 Å². The second-order valence-corrected chi connectivity index (χ2v) is 3.35. The Labute approximate surface area is 77.7 Å². The Kier molecular flexibility index (Phi) is 2.36. The number of nitrogens with two attached hydrogens (primary N) is 1. The number of nitrogens with zero attached hydrogens (tertiary/aromatic N) is 2. The molecular formula is C10H13N3. The van der Waals surface area contributed by atoms with Crippen LogP contribution in [-0.4, -0.2) is 16.0 Å². The molecule has 1 aliphatic rings. The molecule has 3 heteroatoms. The van der Waals surface area contributed by atoms with Crippen LogP contribution in [0, 0.1) is 0 Å². The van der Waals surface area contributed by atoms with Crippen LogP contribution < -0.4 is 5.73 Å². The first-order chi connectivity index (χ1) is 6.36. The second kappa shape index (κ2) is 3.66. The molecule has 13 heavy (non-hydrogen) atoms. The van der Waals surface area contributed by atoms with Gasteiger partial charge in [-0.2, -0.15) is 0 Å². The molecule has 0 bridgehead atoms. The maximum Gasteiger partial charge on any atom is 0.0841 e. The lowest BCUT2D eigenvalue weighted by molar-refractivity contribution is 0.613. The molecule has 1 atom stereocenters. The first kappa shape index (κ1) is 8.38. The van der Waals surface area contributed by atoms with Crippen LogP contribution in [0.4, 0.5) is 0 Å². The molecule has 1 aromatic rings. The second-order valence-electron chi connectivity index (χ2n) is 3.35. The zero-order valence-electron chi connectivity index (χ0n) is 7.48. The Morgan fingerprint density at radius 2 is 2.31 bits per heavy atom. The van der Waals surface area contributed by atoms with Crippen LogP contribution in [0.2, 0.25) is 0 Å². The van der Waals surface area contributed by atoms with Crippen LogP contribution in [0.1, 0.15) is 25.0 Å². The van der Waals surface area contributed by atoms with E-state index >= 15 is 0 Å². The molecule has 0 aromatic carbocycles.